The van der Waals surface area contributed by atoms with Crippen molar-refractivity contribution in [1.29, 1.82) is 0 Å². The molecule has 3 rings (SSSR count). The van der Waals surface area contributed by atoms with Crippen LogP contribution in [0.5, 0.6) is 0 Å². The lowest BCUT2D eigenvalue weighted by molar-refractivity contribution is 0.108. The molecule has 0 saturated carbocycles. The van der Waals surface area contributed by atoms with Gasteiger partial charge >= 0.3 is 0 Å². The third-order valence-corrected chi connectivity index (χ3v) is 9.70. The van der Waals surface area contributed by atoms with Crippen LogP contribution < -0.4 is 10.6 Å². The molecule has 0 spiro atoms. The van der Waals surface area contributed by atoms with Gasteiger partial charge in [0.15, 0.2) is 0 Å². The van der Waals surface area contributed by atoms with Gasteiger partial charge in [-0.1, -0.05) is 78.5 Å². The van der Waals surface area contributed by atoms with Gasteiger partial charge in [0.05, 0.1) is 6.04 Å². The second kappa shape index (κ2) is 7.31. The maximum Gasteiger partial charge on any atom is 0.202 e. The number of hydrogen-bond donors (Lipinski definition) is 0. The zero-order valence-electron chi connectivity index (χ0n) is 15.6. The molecule has 0 aromatic heterocycles. The van der Waals surface area contributed by atoms with E-state index in [-0.39, 0.29) is 5.52 Å². The first-order valence-electron chi connectivity index (χ1n) is 8.71. The van der Waals surface area contributed by atoms with Crippen LogP contribution in [0.3, 0.4) is 0 Å². The van der Waals surface area contributed by atoms with E-state index in [1.165, 1.54) is 11.1 Å². The Morgan fingerprint density at radius 2 is 1.19 bits per heavy atom. The molecule has 0 unspecified atom stereocenters. The minimum Gasteiger partial charge on any atom is -0.287 e. The van der Waals surface area contributed by atoms with Gasteiger partial charge in [0.1, 0.15) is 0 Å². The van der Waals surface area contributed by atoms with Crippen LogP contribution in [0, 0.1) is 27.7 Å². The SMILES string of the molecule is Cc1cc(C)c(C(=O)P(=S)(c2ccccc2)c2ccccc2)c(C)c1C. The summed E-state index contributed by atoms with van der Waals surface area (Å²) in [5, 5.41) is 1.89. The maximum atomic E-state index is 13.9. The summed E-state index contributed by atoms with van der Waals surface area (Å²) in [6.45, 7) is 8.23. The van der Waals surface area contributed by atoms with Crippen LogP contribution in [0.4, 0.5) is 0 Å². The molecule has 0 fully saturated rings. The molecule has 3 heteroatoms. The van der Waals surface area contributed by atoms with E-state index in [1.54, 1.807) is 0 Å². The van der Waals surface area contributed by atoms with Crippen LogP contribution >= 0.6 is 6.04 Å². The minimum absolute atomic E-state index is 0.0861. The standard InChI is InChI=1S/C23H23OPS/c1-16-15-17(2)22(19(4)18(16)3)23(24)25(26,20-11-7-5-8-12-20)21-13-9-6-10-14-21/h5-15H,1-4H3. The lowest BCUT2D eigenvalue weighted by Crippen LogP contribution is -2.23. The Bertz CT molecular complexity index is 964. The molecule has 26 heavy (non-hydrogen) atoms. The van der Waals surface area contributed by atoms with Gasteiger partial charge in [-0.2, -0.15) is 0 Å². The van der Waals surface area contributed by atoms with Crippen LogP contribution in [0.2, 0.25) is 0 Å². The smallest absolute Gasteiger partial charge is 0.202 e. The van der Waals surface area contributed by atoms with Crippen molar-refractivity contribution in [3.05, 3.63) is 94.5 Å². The molecule has 0 amide bonds. The van der Waals surface area contributed by atoms with E-state index in [4.69, 9.17) is 11.8 Å². The van der Waals surface area contributed by atoms with Gasteiger partial charge in [0.25, 0.3) is 0 Å². The number of benzene rings is 3. The summed E-state index contributed by atoms with van der Waals surface area (Å²) in [5.41, 5.74) is 5.32. The van der Waals surface area contributed by atoms with E-state index in [2.05, 4.69) is 19.9 Å². The first-order valence-corrected chi connectivity index (χ1v) is 11.5. The predicted molar refractivity (Wildman–Crippen MR) is 116 cm³/mol. The Morgan fingerprint density at radius 3 is 1.65 bits per heavy atom. The summed E-state index contributed by atoms with van der Waals surface area (Å²) in [6, 6.07) is 19.2. The van der Waals surface area contributed by atoms with Crippen LogP contribution in [-0.2, 0) is 11.8 Å². The molecule has 3 aromatic rings. The molecule has 0 radical (unpaired) electrons. The third-order valence-electron chi connectivity index (χ3n) is 5.10. The highest BCUT2D eigenvalue weighted by Gasteiger charge is 2.33. The van der Waals surface area contributed by atoms with E-state index in [9.17, 15) is 4.79 Å². The van der Waals surface area contributed by atoms with Crippen molar-refractivity contribution in [2.45, 2.75) is 27.7 Å². The predicted octanol–water partition coefficient (Wildman–Crippen LogP) is 5.19. The normalized spacial score (nSPS) is 11.4. The molecular weight excluding hydrogens is 355 g/mol. The fourth-order valence-corrected chi connectivity index (χ4v) is 7.04. The largest absolute Gasteiger partial charge is 0.287 e. The zero-order chi connectivity index (χ0) is 18.9. The summed E-state index contributed by atoms with van der Waals surface area (Å²) >= 11 is 6.20. The molecule has 0 heterocycles. The topological polar surface area (TPSA) is 17.1 Å². The Labute approximate surface area is 161 Å². The average Bonchev–Trinajstić information content (AvgIpc) is 2.67. The Morgan fingerprint density at radius 1 is 0.731 bits per heavy atom. The summed E-state index contributed by atoms with van der Waals surface area (Å²) in [5.74, 6) is 0. The van der Waals surface area contributed by atoms with Gasteiger partial charge in [-0.05, 0) is 60.6 Å². The Balaban J connectivity index is 2.30. The number of carbonyl (C=O) groups is 1. The van der Waals surface area contributed by atoms with Gasteiger partial charge in [-0.3, -0.25) is 4.79 Å². The van der Waals surface area contributed by atoms with Crippen molar-refractivity contribution < 1.29 is 4.79 Å². The van der Waals surface area contributed by atoms with E-state index in [0.717, 1.165) is 27.3 Å². The molecule has 0 saturated heterocycles. The van der Waals surface area contributed by atoms with Crippen LogP contribution in [0.25, 0.3) is 0 Å². The molecule has 1 nitrogen and oxygen atoms in total. The summed E-state index contributed by atoms with van der Waals surface area (Å²) < 4.78 is 0. The molecule has 0 aliphatic heterocycles. The highest BCUT2D eigenvalue weighted by atomic mass is 32.4. The molecule has 0 atom stereocenters. The van der Waals surface area contributed by atoms with E-state index < -0.39 is 6.04 Å². The monoisotopic (exact) mass is 378 g/mol. The van der Waals surface area contributed by atoms with Gasteiger partial charge in [0.2, 0.25) is 5.52 Å². The Kier molecular flexibility index (Phi) is 5.27. The van der Waals surface area contributed by atoms with Crippen molar-refractivity contribution in [3.8, 4) is 0 Å². The molecule has 3 aromatic carbocycles. The third kappa shape index (κ3) is 3.09. The van der Waals surface area contributed by atoms with Crippen molar-refractivity contribution in [2.24, 2.45) is 0 Å². The molecule has 0 aliphatic carbocycles. The van der Waals surface area contributed by atoms with Crippen molar-refractivity contribution in [3.63, 3.8) is 0 Å². The maximum absolute atomic E-state index is 13.9. The lowest BCUT2D eigenvalue weighted by atomic mass is 9.95. The van der Waals surface area contributed by atoms with Crippen LogP contribution in [0.15, 0.2) is 66.7 Å². The highest BCUT2D eigenvalue weighted by Crippen LogP contribution is 2.48. The Hall–Kier alpha value is -2.02. The molecule has 0 bridgehead atoms. The fourth-order valence-electron chi connectivity index (χ4n) is 3.43. The van der Waals surface area contributed by atoms with E-state index >= 15 is 0 Å². The minimum atomic E-state index is -2.63. The van der Waals surface area contributed by atoms with Gasteiger partial charge < -0.3 is 0 Å². The lowest BCUT2D eigenvalue weighted by Gasteiger charge is -2.25. The number of rotatable bonds is 4. The van der Waals surface area contributed by atoms with Gasteiger partial charge in [-0.25, -0.2) is 0 Å². The summed E-state index contributed by atoms with van der Waals surface area (Å²) in [6.07, 6.45) is 0. The van der Waals surface area contributed by atoms with E-state index in [0.29, 0.717) is 0 Å². The molecule has 0 aliphatic rings. The van der Waals surface area contributed by atoms with Gasteiger partial charge in [0, 0.05) is 5.56 Å². The zero-order valence-corrected chi connectivity index (χ0v) is 17.3. The summed E-state index contributed by atoms with van der Waals surface area (Å²) in [7, 11) is 0. The molecular formula is C23H23OPS. The second-order valence-corrected chi connectivity index (χ2v) is 11.0. The molecule has 0 N–H and O–H groups in total. The van der Waals surface area contributed by atoms with E-state index in [1.807, 2.05) is 74.5 Å². The summed E-state index contributed by atoms with van der Waals surface area (Å²) in [4.78, 5) is 13.9. The van der Waals surface area contributed by atoms with Crippen molar-refractivity contribution in [1.82, 2.24) is 0 Å². The highest BCUT2D eigenvalue weighted by molar-refractivity contribution is 8.30. The molecule has 132 valence electrons. The number of carbonyl (C=O) groups excluding carboxylic acids is 1. The van der Waals surface area contributed by atoms with Crippen molar-refractivity contribution >= 4 is 34.0 Å². The number of aryl methyl sites for hydroxylation is 2. The van der Waals surface area contributed by atoms with Crippen LogP contribution in [0.1, 0.15) is 32.6 Å². The number of hydrogen-bond acceptors (Lipinski definition) is 2. The fraction of sp³-hybridized carbons (Fsp3) is 0.174. The van der Waals surface area contributed by atoms with Crippen molar-refractivity contribution in [2.75, 3.05) is 0 Å². The first-order chi connectivity index (χ1) is 12.4. The average molecular weight is 378 g/mol. The quantitative estimate of drug-likeness (QED) is 0.581. The van der Waals surface area contributed by atoms with Gasteiger partial charge in [-0.15, -0.1) is 0 Å². The first kappa shape index (κ1) is 18.8. The second-order valence-electron chi connectivity index (χ2n) is 6.72. The van der Waals surface area contributed by atoms with Crippen LogP contribution in [-0.4, -0.2) is 5.52 Å².